The van der Waals surface area contributed by atoms with Crippen molar-refractivity contribution in [3.05, 3.63) is 48.5 Å². The molecule has 2 N–H and O–H groups in total. The molecule has 0 fully saturated rings. The van der Waals surface area contributed by atoms with E-state index in [1.807, 2.05) is 30.7 Å². The topological polar surface area (TPSA) is 47.1 Å². The molecule has 0 saturated heterocycles. The van der Waals surface area contributed by atoms with Gasteiger partial charge >= 0.3 is 0 Å². The van der Waals surface area contributed by atoms with Crippen molar-refractivity contribution in [1.29, 1.82) is 0 Å². The van der Waals surface area contributed by atoms with Crippen LogP contribution in [0.5, 0.6) is 0 Å². The lowest BCUT2D eigenvalue weighted by atomic mass is 10.1. The van der Waals surface area contributed by atoms with E-state index in [0.717, 1.165) is 17.9 Å². The molecule has 2 rings (SSSR count). The predicted molar refractivity (Wildman–Crippen MR) is 74.5 cm³/mol. The number of benzene rings is 1. The number of nitrogens with zero attached hydrogens (tertiary/aromatic N) is 3. The summed E-state index contributed by atoms with van der Waals surface area (Å²) >= 11 is 0. The number of hydrogen-bond donors (Lipinski definition) is 1. The van der Waals surface area contributed by atoms with Gasteiger partial charge in [0.25, 0.3) is 0 Å². The van der Waals surface area contributed by atoms with Crippen molar-refractivity contribution in [2.24, 2.45) is 5.73 Å². The Balaban J connectivity index is 2.29. The van der Waals surface area contributed by atoms with Crippen molar-refractivity contribution in [2.75, 3.05) is 18.5 Å². The monoisotopic (exact) mass is 244 g/mol. The summed E-state index contributed by atoms with van der Waals surface area (Å²) in [5, 5.41) is 0. The summed E-state index contributed by atoms with van der Waals surface area (Å²) in [5.74, 6) is 0. The fourth-order valence-electron chi connectivity index (χ4n) is 2.19. The third-order valence-corrected chi connectivity index (χ3v) is 3.28. The molecule has 0 aliphatic carbocycles. The summed E-state index contributed by atoms with van der Waals surface area (Å²) in [6.07, 6.45) is 3.76. The van der Waals surface area contributed by atoms with Crippen LogP contribution in [-0.2, 0) is 6.54 Å². The Morgan fingerprint density at radius 1 is 1.33 bits per heavy atom. The summed E-state index contributed by atoms with van der Waals surface area (Å²) in [6, 6.07) is 10.4. The number of aryl methyl sites for hydroxylation is 1. The molecule has 0 amide bonds. The number of hydrogen-bond acceptors (Lipinski definition) is 3. The van der Waals surface area contributed by atoms with E-state index in [1.54, 1.807) is 0 Å². The van der Waals surface area contributed by atoms with Crippen LogP contribution < -0.4 is 10.6 Å². The summed E-state index contributed by atoms with van der Waals surface area (Å²) < 4.78 is 2.14. The lowest BCUT2D eigenvalue weighted by Gasteiger charge is -2.29. The highest BCUT2D eigenvalue weighted by molar-refractivity contribution is 5.47. The third-order valence-electron chi connectivity index (χ3n) is 3.28. The van der Waals surface area contributed by atoms with Gasteiger partial charge in [-0.2, -0.15) is 0 Å². The van der Waals surface area contributed by atoms with Crippen LogP contribution in [0.3, 0.4) is 0 Å². The molecule has 18 heavy (non-hydrogen) atoms. The molecule has 0 radical (unpaired) electrons. The Bertz CT molecular complexity index is 478. The summed E-state index contributed by atoms with van der Waals surface area (Å²) in [5.41, 5.74) is 8.27. The molecular weight excluding hydrogens is 224 g/mol. The van der Waals surface area contributed by atoms with E-state index in [1.165, 1.54) is 0 Å². The van der Waals surface area contributed by atoms with E-state index in [2.05, 4.69) is 40.6 Å². The fourth-order valence-corrected chi connectivity index (χ4v) is 2.19. The van der Waals surface area contributed by atoms with Gasteiger partial charge in [-0.3, -0.25) is 0 Å². The first-order valence-electron chi connectivity index (χ1n) is 6.26. The predicted octanol–water partition coefficient (Wildman–Crippen LogP) is 2.04. The first kappa shape index (κ1) is 12.6. The number of rotatable bonds is 5. The van der Waals surface area contributed by atoms with E-state index < -0.39 is 0 Å². The number of imidazole rings is 1. The maximum absolute atomic E-state index is 5.94. The zero-order valence-electron chi connectivity index (χ0n) is 11.0. The van der Waals surface area contributed by atoms with Crippen molar-refractivity contribution in [1.82, 2.24) is 9.55 Å². The fraction of sp³-hybridized carbons (Fsp3) is 0.357. The molecule has 96 valence electrons. The summed E-state index contributed by atoms with van der Waals surface area (Å²) in [4.78, 5) is 6.42. The summed E-state index contributed by atoms with van der Waals surface area (Å²) in [7, 11) is 2.07. The van der Waals surface area contributed by atoms with Crippen molar-refractivity contribution >= 4 is 5.69 Å². The number of para-hydroxylation sites is 1. The van der Waals surface area contributed by atoms with Crippen LogP contribution in [0, 0.1) is 0 Å². The second-order valence-corrected chi connectivity index (χ2v) is 4.30. The minimum atomic E-state index is 0.148. The smallest absolute Gasteiger partial charge is 0.0948 e. The maximum Gasteiger partial charge on any atom is 0.0948 e. The molecule has 0 aliphatic heterocycles. The molecule has 1 aromatic carbocycles. The van der Waals surface area contributed by atoms with Crippen LogP contribution in [0.25, 0.3) is 0 Å². The lowest BCUT2D eigenvalue weighted by Crippen LogP contribution is -2.32. The van der Waals surface area contributed by atoms with Crippen LogP contribution in [0.4, 0.5) is 5.69 Å². The van der Waals surface area contributed by atoms with E-state index in [4.69, 9.17) is 5.73 Å². The molecule has 0 saturated carbocycles. The van der Waals surface area contributed by atoms with E-state index in [-0.39, 0.29) is 6.04 Å². The molecule has 2 aromatic rings. The lowest BCUT2D eigenvalue weighted by molar-refractivity contribution is 0.602. The summed E-state index contributed by atoms with van der Waals surface area (Å²) in [6.45, 7) is 3.59. The second-order valence-electron chi connectivity index (χ2n) is 4.30. The van der Waals surface area contributed by atoms with Gasteiger partial charge in [-0.15, -0.1) is 0 Å². The quantitative estimate of drug-likeness (QED) is 0.875. The number of likely N-dealkylation sites (N-methyl/N-ethyl adjacent to an activating group) is 1. The minimum Gasteiger partial charge on any atom is -0.365 e. The van der Waals surface area contributed by atoms with E-state index in [9.17, 15) is 0 Å². The molecule has 1 aromatic heterocycles. The SMILES string of the molecule is CCn1cncc1C(CN)N(C)c1ccccc1. The second kappa shape index (κ2) is 5.69. The highest BCUT2D eigenvalue weighted by Gasteiger charge is 2.19. The van der Waals surface area contributed by atoms with Crippen molar-refractivity contribution in [3.8, 4) is 0 Å². The van der Waals surface area contributed by atoms with Crippen LogP contribution in [0.15, 0.2) is 42.9 Å². The van der Waals surface area contributed by atoms with Crippen molar-refractivity contribution in [3.63, 3.8) is 0 Å². The Morgan fingerprint density at radius 2 is 2.06 bits per heavy atom. The number of aromatic nitrogens is 2. The Labute approximate surface area is 108 Å². The molecule has 4 nitrogen and oxygen atoms in total. The maximum atomic E-state index is 5.94. The molecule has 1 heterocycles. The first-order valence-corrected chi connectivity index (χ1v) is 6.26. The Morgan fingerprint density at radius 3 is 2.67 bits per heavy atom. The zero-order valence-corrected chi connectivity index (χ0v) is 11.0. The molecule has 0 bridgehead atoms. The Hall–Kier alpha value is -1.81. The highest BCUT2D eigenvalue weighted by Crippen LogP contribution is 2.24. The van der Waals surface area contributed by atoms with Gasteiger partial charge in [0.15, 0.2) is 0 Å². The van der Waals surface area contributed by atoms with Gasteiger partial charge in [-0.05, 0) is 19.1 Å². The minimum absolute atomic E-state index is 0.148. The molecule has 0 spiro atoms. The molecule has 1 unspecified atom stereocenters. The number of nitrogens with two attached hydrogens (primary N) is 1. The van der Waals surface area contributed by atoms with Gasteiger partial charge in [0.1, 0.15) is 0 Å². The van der Waals surface area contributed by atoms with Gasteiger partial charge < -0.3 is 15.2 Å². The van der Waals surface area contributed by atoms with Crippen LogP contribution in [-0.4, -0.2) is 23.1 Å². The molecular formula is C14H20N4. The third kappa shape index (κ3) is 2.38. The first-order chi connectivity index (χ1) is 8.77. The number of anilines is 1. The largest absolute Gasteiger partial charge is 0.365 e. The average molecular weight is 244 g/mol. The van der Waals surface area contributed by atoms with Crippen molar-refractivity contribution in [2.45, 2.75) is 19.5 Å². The zero-order chi connectivity index (χ0) is 13.0. The average Bonchev–Trinajstić information content (AvgIpc) is 2.89. The normalized spacial score (nSPS) is 12.4. The molecule has 4 heteroatoms. The van der Waals surface area contributed by atoms with Gasteiger partial charge in [0.05, 0.1) is 24.3 Å². The van der Waals surface area contributed by atoms with E-state index in [0.29, 0.717) is 6.54 Å². The molecule has 1 atom stereocenters. The van der Waals surface area contributed by atoms with E-state index >= 15 is 0 Å². The van der Waals surface area contributed by atoms with Gasteiger partial charge in [-0.25, -0.2) is 4.98 Å². The van der Waals surface area contributed by atoms with Crippen LogP contribution in [0.2, 0.25) is 0 Å². The highest BCUT2D eigenvalue weighted by atomic mass is 15.2. The molecule has 0 aliphatic rings. The van der Waals surface area contributed by atoms with Crippen molar-refractivity contribution < 1.29 is 0 Å². The van der Waals surface area contributed by atoms with Gasteiger partial charge in [0, 0.05) is 25.8 Å². The standard InChI is InChI=1S/C14H20N4/c1-3-18-11-16-10-14(18)13(9-15)17(2)12-7-5-4-6-8-12/h4-8,10-11,13H,3,9,15H2,1-2H3. The van der Waals surface area contributed by atoms with Crippen LogP contribution >= 0.6 is 0 Å². The van der Waals surface area contributed by atoms with Gasteiger partial charge in [0.2, 0.25) is 0 Å². The van der Waals surface area contributed by atoms with Gasteiger partial charge in [-0.1, -0.05) is 18.2 Å². The Kier molecular flexibility index (Phi) is 3.99. The van der Waals surface area contributed by atoms with Crippen LogP contribution in [0.1, 0.15) is 18.7 Å².